The molecule has 8 nitrogen and oxygen atoms in total. The number of thioether (sulfide) groups is 1. The molecule has 2 N–H and O–H groups in total. The minimum atomic E-state index is -0.920. The molecule has 146 valence electrons. The summed E-state index contributed by atoms with van der Waals surface area (Å²) in [5.74, 6) is -0.244. The minimum Gasteiger partial charge on any atom is -0.378 e. The van der Waals surface area contributed by atoms with Crippen molar-refractivity contribution in [2.75, 3.05) is 0 Å². The van der Waals surface area contributed by atoms with E-state index in [1.165, 1.54) is 47.4 Å². The van der Waals surface area contributed by atoms with Gasteiger partial charge in [0.15, 0.2) is 16.8 Å². The number of carbonyl (C=O) groups is 1. The van der Waals surface area contributed by atoms with Crippen LogP contribution in [0.25, 0.3) is 5.82 Å². The molecule has 10 heteroatoms. The molecule has 2 aromatic heterocycles. The Morgan fingerprint density at radius 3 is 2.72 bits per heavy atom. The second-order valence-electron chi connectivity index (χ2n) is 6.51. The summed E-state index contributed by atoms with van der Waals surface area (Å²) in [7, 11) is 0. The number of aromatic nitrogens is 5. The third kappa shape index (κ3) is 3.92. The van der Waals surface area contributed by atoms with Crippen LogP contribution in [-0.4, -0.2) is 35.9 Å². The van der Waals surface area contributed by atoms with Gasteiger partial charge in [0.1, 0.15) is 17.1 Å². The molecular formula is C19H16FN7OS. The van der Waals surface area contributed by atoms with E-state index in [2.05, 4.69) is 25.2 Å². The Labute approximate surface area is 169 Å². The van der Waals surface area contributed by atoms with Gasteiger partial charge in [-0.05, 0) is 36.1 Å². The quantitative estimate of drug-likeness (QED) is 0.644. The lowest BCUT2D eigenvalue weighted by atomic mass is 9.90. The van der Waals surface area contributed by atoms with Crippen LogP contribution in [0.3, 0.4) is 0 Å². The van der Waals surface area contributed by atoms with Crippen LogP contribution in [0, 0.1) is 5.82 Å². The largest absolute Gasteiger partial charge is 0.378 e. The van der Waals surface area contributed by atoms with E-state index in [-0.39, 0.29) is 17.9 Å². The van der Waals surface area contributed by atoms with Crippen LogP contribution in [0.5, 0.6) is 0 Å². The molecular weight excluding hydrogens is 393 g/mol. The fourth-order valence-electron chi connectivity index (χ4n) is 2.93. The number of rotatable bonds is 5. The number of hydrogen-bond donors (Lipinski definition) is 1. The molecule has 0 aliphatic carbocycles. The highest BCUT2D eigenvalue weighted by Gasteiger charge is 2.29. The van der Waals surface area contributed by atoms with Gasteiger partial charge in [-0.2, -0.15) is 10.2 Å². The van der Waals surface area contributed by atoms with Crippen molar-refractivity contribution in [1.82, 2.24) is 25.0 Å². The van der Waals surface area contributed by atoms with Gasteiger partial charge in [0.05, 0.1) is 24.8 Å². The van der Waals surface area contributed by atoms with E-state index in [1.807, 2.05) is 0 Å². The van der Waals surface area contributed by atoms with Gasteiger partial charge >= 0.3 is 0 Å². The molecule has 4 rings (SSSR count). The van der Waals surface area contributed by atoms with Gasteiger partial charge in [-0.15, -0.1) is 4.80 Å². The van der Waals surface area contributed by atoms with Crippen molar-refractivity contribution < 1.29 is 9.18 Å². The molecule has 1 atom stereocenters. The first-order valence-electron chi connectivity index (χ1n) is 8.65. The first-order valence-corrected chi connectivity index (χ1v) is 9.53. The number of Topliss-reactive ketones (excluding diaryl/α,β-unsaturated/α-hetero) is 1. The van der Waals surface area contributed by atoms with E-state index in [0.717, 1.165) is 0 Å². The van der Waals surface area contributed by atoms with E-state index >= 15 is 0 Å². The summed E-state index contributed by atoms with van der Waals surface area (Å²) in [4.78, 5) is 26.6. The Morgan fingerprint density at radius 1 is 1.24 bits per heavy atom. The summed E-state index contributed by atoms with van der Waals surface area (Å²) in [5.41, 5.74) is 6.08. The lowest BCUT2D eigenvalue weighted by Gasteiger charge is -2.26. The highest BCUT2D eigenvalue weighted by molar-refractivity contribution is 8.16. The van der Waals surface area contributed by atoms with E-state index in [0.29, 0.717) is 22.1 Å². The Hall–Kier alpha value is -3.40. The van der Waals surface area contributed by atoms with E-state index in [9.17, 15) is 9.18 Å². The number of nitrogens with zero attached hydrogens (tertiary/aromatic N) is 6. The van der Waals surface area contributed by atoms with Crippen molar-refractivity contribution >= 4 is 22.7 Å². The third-order valence-electron chi connectivity index (χ3n) is 4.41. The Bertz CT molecular complexity index is 1110. The monoisotopic (exact) mass is 409 g/mol. The van der Waals surface area contributed by atoms with E-state index in [4.69, 9.17) is 5.73 Å². The van der Waals surface area contributed by atoms with Gasteiger partial charge < -0.3 is 5.73 Å². The fourth-order valence-corrected chi connectivity index (χ4v) is 3.64. The van der Waals surface area contributed by atoms with Crippen molar-refractivity contribution in [1.29, 1.82) is 0 Å². The summed E-state index contributed by atoms with van der Waals surface area (Å²) in [6.07, 6.45) is 7.67. The molecule has 0 saturated heterocycles. The Kier molecular flexibility index (Phi) is 4.93. The maximum Gasteiger partial charge on any atom is 0.192 e. The molecule has 0 fully saturated rings. The lowest BCUT2D eigenvalue weighted by Crippen LogP contribution is -2.25. The lowest BCUT2D eigenvalue weighted by molar-refractivity contribution is 0.0987. The average Bonchev–Trinajstić information content (AvgIpc) is 3.24. The van der Waals surface area contributed by atoms with E-state index in [1.54, 1.807) is 30.5 Å². The van der Waals surface area contributed by atoms with Crippen molar-refractivity contribution in [2.45, 2.75) is 18.9 Å². The highest BCUT2D eigenvalue weighted by Crippen LogP contribution is 2.34. The number of carbonyl (C=O) groups excluding carboxylic acids is 1. The third-order valence-corrected chi connectivity index (χ3v) is 5.02. The highest BCUT2D eigenvalue weighted by atomic mass is 32.2. The standard InChI is InChI=1S/C19H16FN7OS/c1-19(4-7-29-18(21)26-19)13-8-12(2-3-14(13)20)9-16(28)15-10-23-17(11-22-15)27-24-5-6-25-27/h2-8,10-11H,9H2,1H3,(H2,21,26)/t19-/m0/s1. The van der Waals surface area contributed by atoms with Crippen molar-refractivity contribution in [3.05, 3.63) is 77.1 Å². The van der Waals surface area contributed by atoms with Gasteiger partial charge in [-0.25, -0.2) is 19.4 Å². The zero-order valence-electron chi connectivity index (χ0n) is 15.4. The van der Waals surface area contributed by atoms with Gasteiger partial charge in [0.2, 0.25) is 0 Å². The zero-order valence-corrected chi connectivity index (χ0v) is 16.2. The maximum atomic E-state index is 14.5. The second kappa shape index (κ2) is 7.55. The Balaban J connectivity index is 1.56. The second-order valence-corrected chi connectivity index (χ2v) is 7.44. The molecule has 0 saturated carbocycles. The molecule has 0 unspecified atom stereocenters. The van der Waals surface area contributed by atoms with Crippen LogP contribution < -0.4 is 5.73 Å². The summed E-state index contributed by atoms with van der Waals surface area (Å²) >= 11 is 1.28. The van der Waals surface area contributed by atoms with Crippen LogP contribution in [0.15, 0.2) is 59.5 Å². The number of ketones is 1. The number of aliphatic imine (C=N–C) groups is 1. The first-order chi connectivity index (χ1) is 13.9. The summed E-state index contributed by atoms with van der Waals surface area (Å²) in [6.45, 7) is 1.77. The van der Waals surface area contributed by atoms with Crippen LogP contribution in [-0.2, 0) is 12.0 Å². The summed E-state index contributed by atoms with van der Waals surface area (Å²) in [6, 6.07) is 4.55. The van der Waals surface area contributed by atoms with Gasteiger partial charge in [-0.1, -0.05) is 17.8 Å². The van der Waals surface area contributed by atoms with Crippen LogP contribution in [0.4, 0.5) is 4.39 Å². The normalized spacial score (nSPS) is 18.5. The molecule has 29 heavy (non-hydrogen) atoms. The molecule has 1 aromatic carbocycles. The smallest absolute Gasteiger partial charge is 0.192 e. The van der Waals surface area contributed by atoms with Crippen molar-refractivity contribution in [3.63, 3.8) is 0 Å². The Morgan fingerprint density at radius 2 is 2.03 bits per heavy atom. The zero-order chi connectivity index (χ0) is 20.4. The van der Waals surface area contributed by atoms with Crippen LogP contribution in [0.1, 0.15) is 28.5 Å². The number of halogens is 1. The molecule has 1 aliphatic heterocycles. The van der Waals surface area contributed by atoms with Gasteiger partial charge in [0.25, 0.3) is 0 Å². The minimum absolute atomic E-state index is 0.0507. The molecule has 0 bridgehead atoms. The fraction of sp³-hybridized carbons (Fsp3) is 0.158. The maximum absolute atomic E-state index is 14.5. The molecule has 0 amide bonds. The van der Waals surface area contributed by atoms with E-state index < -0.39 is 11.4 Å². The molecule has 3 heterocycles. The average molecular weight is 409 g/mol. The molecule has 3 aromatic rings. The number of hydrogen-bond acceptors (Lipinski definition) is 8. The number of amidine groups is 1. The first kappa shape index (κ1) is 18.9. The number of nitrogens with two attached hydrogens (primary N) is 1. The number of benzene rings is 1. The molecule has 1 aliphatic rings. The van der Waals surface area contributed by atoms with Crippen molar-refractivity contribution in [3.8, 4) is 5.82 Å². The van der Waals surface area contributed by atoms with Crippen LogP contribution >= 0.6 is 11.8 Å². The molecule has 0 spiro atoms. The van der Waals surface area contributed by atoms with Gasteiger partial charge in [-0.3, -0.25) is 4.79 Å². The SMILES string of the molecule is C[C@@]1(c2cc(CC(=O)c3cnc(-n4nccn4)cn3)ccc2F)C=CSC(N)=N1. The molecule has 0 radical (unpaired) electrons. The van der Waals surface area contributed by atoms with Crippen molar-refractivity contribution in [2.24, 2.45) is 10.7 Å². The summed E-state index contributed by atoms with van der Waals surface area (Å²) < 4.78 is 14.5. The van der Waals surface area contributed by atoms with Crippen LogP contribution in [0.2, 0.25) is 0 Å². The topological polar surface area (TPSA) is 112 Å². The predicted molar refractivity (Wildman–Crippen MR) is 107 cm³/mol. The van der Waals surface area contributed by atoms with Gasteiger partial charge in [0, 0.05) is 12.0 Å². The summed E-state index contributed by atoms with van der Waals surface area (Å²) in [5, 5.41) is 10.1. The predicted octanol–water partition coefficient (Wildman–Crippen LogP) is 2.41.